The van der Waals surface area contributed by atoms with Gasteiger partial charge < -0.3 is 10.1 Å². The standard InChI is InChI=1S/C18H20ClNO/c1-21-12-14-4-2-3-13(7-14)11-20-18-9-15-5-6-17(19)8-16(15)10-18/h2-8,18,20H,9-12H2,1H3. The molecular formula is C18H20ClNO. The monoisotopic (exact) mass is 301 g/mol. The Hall–Kier alpha value is -1.35. The number of benzene rings is 2. The Morgan fingerprint density at radius 2 is 1.90 bits per heavy atom. The van der Waals surface area contributed by atoms with Gasteiger partial charge in [-0.2, -0.15) is 0 Å². The van der Waals surface area contributed by atoms with Crippen molar-refractivity contribution in [3.05, 3.63) is 69.7 Å². The molecule has 0 saturated carbocycles. The molecule has 1 atom stereocenters. The van der Waals surface area contributed by atoms with Crippen LogP contribution in [0.4, 0.5) is 0 Å². The molecule has 3 heteroatoms. The Morgan fingerprint density at radius 1 is 1.10 bits per heavy atom. The van der Waals surface area contributed by atoms with E-state index in [1.807, 2.05) is 6.07 Å². The molecule has 1 aliphatic carbocycles. The Kier molecular flexibility index (Phi) is 4.59. The van der Waals surface area contributed by atoms with Gasteiger partial charge in [-0.25, -0.2) is 0 Å². The van der Waals surface area contributed by atoms with Gasteiger partial charge in [0.15, 0.2) is 0 Å². The van der Waals surface area contributed by atoms with Gasteiger partial charge in [-0.15, -0.1) is 0 Å². The predicted molar refractivity (Wildman–Crippen MR) is 86.6 cm³/mol. The summed E-state index contributed by atoms with van der Waals surface area (Å²) in [6.45, 7) is 1.56. The molecule has 0 bridgehead atoms. The van der Waals surface area contributed by atoms with Crippen LogP contribution < -0.4 is 5.32 Å². The van der Waals surface area contributed by atoms with Crippen LogP contribution in [-0.2, 0) is 30.7 Å². The lowest BCUT2D eigenvalue weighted by atomic mass is 10.1. The third-order valence-electron chi connectivity index (χ3n) is 4.00. The summed E-state index contributed by atoms with van der Waals surface area (Å²) in [6, 6.07) is 15.3. The predicted octanol–water partition coefficient (Wildman–Crippen LogP) is 3.74. The largest absolute Gasteiger partial charge is 0.380 e. The molecule has 2 aromatic rings. The van der Waals surface area contributed by atoms with Gasteiger partial charge in [0.25, 0.3) is 0 Å². The van der Waals surface area contributed by atoms with Crippen LogP contribution in [0.5, 0.6) is 0 Å². The fraction of sp³-hybridized carbons (Fsp3) is 0.333. The van der Waals surface area contributed by atoms with Gasteiger partial charge >= 0.3 is 0 Å². The topological polar surface area (TPSA) is 21.3 Å². The van der Waals surface area contributed by atoms with E-state index in [1.165, 1.54) is 22.3 Å². The fourth-order valence-electron chi connectivity index (χ4n) is 2.99. The molecule has 1 N–H and O–H groups in total. The minimum atomic E-state index is 0.504. The first kappa shape index (κ1) is 14.6. The molecule has 3 rings (SSSR count). The molecule has 1 unspecified atom stereocenters. The van der Waals surface area contributed by atoms with Gasteiger partial charge in [0.1, 0.15) is 0 Å². The molecule has 0 spiro atoms. The van der Waals surface area contributed by atoms with Crippen molar-refractivity contribution < 1.29 is 4.74 Å². The van der Waals surface area contributed by atoms with Crippen LogP contribution in [0.3, 0.4) is 0 Å². The van der Waals surface area contributed by atoms with Crippen molar-refractivity contribution in [3.63, 3.8) is 0 Å². The highest BCUT2D eigenvalue weighted by Crippen LogP contribution is 2.25. The lowest BCUT2D eigenvalue weighted by Crippen LogP contribution is -2.28. The maximum atomic E-state index is 6.06. The molecule has 0 amide bonds. The van der Waals surface area contributed by atoms with Crippen molar-refractivity contribution in [3.8, 4) is 0 Å². The van der Waals surface area contributed by atoms with Crippen molar-refractivity contribution >= 4 is 11.6 Å². The van der Waals surface area contributed by atoms with E-state index < -0.39 is 0 Å². The molecule has 21 heavy (non-hydrogen) atoms. The normalized spacial score (nSPS) is 17.0. The second-order valence-electron chi connectivity index (χ2n) is 5.65. The number of halogens is 1. The molecule has 2 aromatic carbocycles. The van der Waals surface area contributed by atoms with Gasteiger partial charge in [0.2, 0.25) is 0 Å². The maximum Gasteiger partial charge on any atom is 0.0713 e. The second kappa shape index (κ2) is 6.61. The summed E-state index contributed by atoms with van der Waals surface area (Å²) in [4.78, 5) is 0. The van der Waals surface area contributed by atoms with Crippen molar-refractivity contribution in [1.29, 1.82) is 0 Å². The van der Waals surface area contributed by atoms with Gasteiger partial charge in [-0.1, -0.05) is 41.9 Å². The van der Waals surface area contributed by atoms with Crippen LogP contribution in [0.2, 0.25) is 5.02 Å². The van der Waals surface area contributed by atoms with Crippen molar-refractivity contribution in [2.75, 3.05) is 7.11 Å². The Bertz CT molecular complexity index is 626. The smallest absolute Gasteiger partial charge is 0.0713 e. The average molecular weight is 302 g/mol. The Labute approximate surface area is 131 Å². The zero-order chi connectivity index (χ0) is 14.7. The molecule has 110 valence electrons. The number of methoxy groups -OCH3 is 1. The van der Waals surface area contributed by atoms with Gasteiger partial charge in [0, 0.05) is 24.7 Å². The lowest BCUT2D eigenvalue weighted by Gasteiger charge is -2.12. The fourth-order valence-corrected chi connectivity index (χ4v) is 3.18. The van der Waals surface area contributed by atoms with E-state index in [4.69, 9.17) is 16.3 Å². The number of fused-ring (bicyclic) bond motifs is 1. The molecule has 0 radical (unpaired) electrons. The van der Waals surface area contributed by atoms with Gasteiger partial charge in [-0.3, -0.25) is 0 Å². The number of nitrogens with one attached hydrogen (secondary N) is 1. The summed E-state index contributed by atoms with van der Waals surface area (Å²) in [5, 5.41) is 4.48. The van der Waals surface area contributed by atoms with E-state index in [0.717, 1.165) is 24.4 Å². The lowest BCUT2D eigenvalue weighted by molar-refractivity contribution is 0.185. The Morgan fingerprint density at radius 3 is 2.76 bits per heavy atom. The Balaban J connectivity index is 1.58. The summed E-state index contributed by atoms with van der Waals surface area (Å²) < 4.78 is 5.18. The van der Waals surface area contributed by atoms with Crippen LogP contribution in [0.1, 0.15) is 22.3 Å². The zero-order valence-corrected chi connectivity index (χ0v) is 13.0. The average Bonchev–Trinajstić information content (AvgIpc) is 2.88. The third kappa shape index (κ3) is 3.65. The summed E-state index contributed by atoms with van der Waals surface area (Å²) in [5.74, 6) is 0. The van der Waals surface area contributed by atoms with E-state index >= 15 is 0 Å². The molecule has 0 aromatic heterocycles. The highest BCUT2D eigenvalue weighted by atomic mass is 35.5. The summed E-state index contributed by atoms with van der Waals surface area (Å²) in [6.07, 6.45) is 2.15. The van der Waals surface area contributed by atoms with E-state index in [2.05, 4.69) is 41.7 Å². The van der Waals surface area contributed by atoms with Crippen LogP contribution in [-0.4, -0.2) is 13.2 Å². The molecule has 0 fully saturated rings. The van der Waals surface area contributed by atoms with Crippen LogP contribution in [0.15, 0.2) is 42.5 Å². The molecule has 0 aliphatic heterocycles. The van der Waals surface area contributed by atoms with E-state index in [1.54, 1.807) is 7.11 Å². The highest BCUT2D eigenvalue weighted by molar-refractivity contribution is 6.30. The SMILES string of the molecule is COCc1cccc(CNC2Cc3ccc(Cl)cc3C2)c1. The summed E-state index contributed by atoms with van der Waals surface area (Å²) >= 11 is 6.06. The number of ether oxygens (including phenoxy) is 1. The summed E-state index contributed by atoms with van der Waals surface area (Å²) in [5.41, 5.74) is 5.33. The first-order chi connectivity index (χ1) is 10.2. The van der Waals surface area contributed by atoms with Crippen LogP contribution in [0, 0.1) is 0 Å². The van der Waals surface area contributed by atoms with Crippen LogP contribution >= 0.6 is 11.6 Å². The number of hydrogen-bond donors (Lipinski definition) is 1. The first-order valence-corrected chi connectivity index (χ1v) is 7.70. The van der Waals surface area contributed by atoms with Gasteiger partial charge in [-0.05, 0) is 47.2 Å². The minimum Gasteiger partial charge on any atom is -0.380 e. The molecule has 1 aliphatic rings. The minimum absolute atomic E-state index is 0.504. The van der Waals surface area contributed by atoms with E-state index in [9.17, 15) is 0 Å². The molecular weight excluding hydrogens is 282 g/mol. The van der Waals surface area contributed by atoms with E-state index in [0.29, 0.717) is 12.6 Å². The molecule has 0 saturated heterocycles. The molecule has 2 nitrogen and oxygen atoms in total. The van der Waals surface area contributed by atoms with Gasteiger partial charge in [0.05, 0.1) is 6.61 Å². The number of rotatable bonds is 5. The van der Waals surface area contributed by atoms with Crippen molar-refractivity contribution in [2.45, 2.75) is 32.0 Å². The highest BCUT2D eigenvalue weighted by Gasteiger charge is 2.20. The van der Waals surface area contributed by atoms with Crippen LogP contribution in [0.25, 0.3) is 0 Å². The maximum absolute atomic E-state index is 6.06. The summed E-state index contributed by atoms with van der Waals surface area (Å²) in [7, 11) is 1.73. The van der Waals surface area contributed by atoms with E-state index in [-0.39, 0.29) is 0 Å². The third-order valence-corrected chi connectivity index (χ3v) is 4.23. The second-order valence-corrected chi connectivity index (χ2v) is 6.09. The molecule has 0 heterocycles. The van der Waals surface area contributed by atoms with Crippen molar-refractivity contribution in [2.24, 2.45) is 0 Å². The van der Waals surface area contributed by atoms with Crippen molar-refractivity contribution in [1.82, 2.24) is 5.32 Å². The quantitative estimate of drug-likeness (QED) is 0.908. The zero-order valence-electron chi connectivity index (χ0n) is 12.2. The first-order valence-electron chi connectivity index (χ1n) is 7.32. The number of hydrogen-bond acceptors (Lipinski definition) is 2.